The Hall–Kier alpha value is -2.36. The maximum absolute atomic E-state index is 12.3. The molecule has 0 saturated heterocycles. The molecule has 0 aliphatic rings. The molecule has 1 heterocycles. The predicted molar refractivity (Wildman–Crippen MR) is 85.0 cm³/mol. The lowest BCUT2D eigenvalue weighted by molar-refractivity contribution is -0.129. The van der Waals surface area contributed by atoms with Crippen molar-refractivity contribution in [3.63, 3.8) is 0 Å². The molecular formula is C17H21N3O. The van der Waals surface area contributed by atoms with E-state index >= 15 is 0 Å². The van der Waals surface area contributed by atoms with E-state index in [1.54, 1.807) is 0 Å². The summed E-state index contributed by atoms with van der Waals surface area (Å²) in [5, 5.41) is 3.08. The molecule has 4 nitrogen and oxygen atoms in total. The van der Waals surface area contributed by atoms with Crippen molar-refractivity contribution in [2.24, 2.45) is 0 Å². The number of likely N-dealkylation sites (N-methyl/N-ethyl adjacent to an activating group) is 1. The molecule has 0 atom stereocenters. The molecule has 0 bridgehead atoms. The van der Waals surface area contributed by atoms with Gasteiger partial charge in [0.15, 0.2) is 0 Å². The Balaban J connectivity index is 1.91. The van der Waals surface area contributed by atoms with Crippen LogP contribution in [0.25, 0.3) is 0 Å². The number of hydrogen-bond donors (Lipinski definition) is 1. The van der Waals surface area contributed by atoms with Gasteiger partial charge in [-0.3, -0.25) is 4.79 Å². The van der Waals surface area contributed by atoms with Gasteiger partial charge in [-0.15, -0.1) is 0 Å². The van der Waals surface area contributed by atoms with Crippen LogP contribution in [0.15, 0.2) is 48.5 Å². The van der Waals surface area contributed by atoms with Crippen LogP contribution in [0.5, 0.6) is 0 Å². The smallest absolute Gasteiger partial charge is 0.242 e. The summed E-state index contributed by atoms with van der Waals surface area (Å²) in [6, 6.07) is 15.7. The molecule has 2 aromatic rings. The van der Waals surface area contributed by atoms with Gasteiger partial charge < -0.3 is 10.2 Å². The van der Waals surface area contributed by atoms with Crippen molar-refractivity contribution in [1.82, 2.24) is 9.88 Å². The van der Waals surface area contributed by atoms with Gasteiger partial charge in [0.25, 0.3) is 0 Å². The number of hydrogen-bond acceptors (Lipinski definition) is 3. The van der Waals surface area contributed by atoms with Gasteiger partial charge >= 0.3 is 0 Å². The summed E-state index contributed by atoms with van der Waals surface area (Å²) in [7, 11) is 0. The quantitative estimate of drug-likeness (QED) is 0.886. The van der Waals surface area contributed by atoms with Crippen LogP contribution < -0.4 is 5.32 Å². The van der Waals surface area contributed by atoms with Crippen molar-refractivity contribution in [3.05, 3.63) is 59.8 Å². The Labute approximate surface area is 125 Å². The van der Waals surface area contributed by atoms with Crippen molar-refractivity contribution >= 4 is 11.7 Å². The Morgan fingerprint density at radius 2 is 1.90 bits per heavy atom. The fraction of sp³-hybridized carbons (Fsp3) is 0.294. The monoisotopic (exact) mass is 283 g/mol. The number of rotatable bonds is 6. The number of carbonyl (C=O) groups excluding carboxylic acids is 1. The summed E-state index contributed by atoms with van der Waals surface area (Å²) in [6.45, 7) is 5.51. The highest BCUT2D eigenvalue weighted by Crippen LogP contribution is 2.06. The van der Waals surface area contributed by atoms with Gasteiger partial charge in [0, 0.05) is 18.8 Å². The number of nitrogens with zero attached hydrogens (tertiary/aromatic N) is 2. The first-order valence-electron chi connectivity index (χ1n) is 7.18. The fourth-order valence-corrected chi connectivity index (χ4v) is 2.10. The van der Waals surface area contributed by atoms with Gasteiger partial charge in [0.2, 0.25) is 5.91 Å². The van der Waals surface area contributed by atoms with E-state index in [1.165, 1.54) is 0 Å². The normalized spacial score (nSPS) is 10.2. The fourth-order valence-electron chi connectivity index (χ4n) is 2.10. The van der Waals surface area contributed by atoms with Crippen LogP contribution in [0.2, 0.25) is 0 Å². The minimum atomic E-state index is 0.0738. The third-order valence-electron chi connectivity index (χ3n) is 3.26. The maximum Gasteiger partial charge on any atom is 0.242 e. The average molecular weight is 283 g/mol. The molecule has 110 valence electrons. The van der Waals surface area contributed by atoms with Gasteiger partial charge in [-0.05, 0) is 31.5 Å². The minimum absolute atomic E-state index is 0.0738. The number of carbonyl (C=O) groups is 1. The Morgan fingerprint density at radius 1 is 1.14 bits per heavy atom. The SMILES string of the molecule is CCN(Cc1ccccc1)C(=O)CNc1cccc(C)n1. The van der Waals surface area contributed by atoms with Crippen LogP contribution in [0, 0.1) is 6.92 Å². The second-order valence-corrected chi connectivity index (χ2v) is 4.91. The van der Waals surface area contributed by atoms with Crippen LogP contribution in [-0.4, -0.2) is 28.9 Å². The lowest BCUT2D eigenvalue weighted by Crippen LogP contribution is -2.35. The number of aryl methyl sites for hydroxylation is 1. The highest BCUT2D eigenvalue weighted by atomic mass is 16.2. The van der Waals surface area contributed by atoms with Crippen molar-refractivity contribution in [1.29, 1.82) is 0 Å². The third-order valence-corrected chi connectivity index (χ3v) is 3.26. The van der Waals surface area contributed by atoms with Gasteiger partial charge in [-0.2, -0.15) is 0 Å². The van der Waals surface area contributed by atoms with Crippen molar-refractivity contribution < 1.29 is 4.79 Å². The summed E-state index contributed by atoms with van der Waals surface area (Å²) in [5.74, 6) is 0.809. The zero-order valence-corrected chi connectivity index (χ0v) is 12.5. The molecule has 0 saturated carbocycles. The molecule has 2 rings (SSSR count). The van der Waals surface area contributed by atoms with Crippen LogP contribution in [0.1, 0.15) is 18.2 Å². The van der Waals surface area contributed by atoms with E-state index in [1.807, 2.05) is 67.3 Å². The van der Waals surface area contributed by atoms with E-state index in [-0.39, 0.29) is 12.5 Å². The molecule has 21 heavy (non-hydrogen) atoms. The summed E-state index contributed by atoms with van der Waals surface area (Å²) in [4.78, 5) is 18.4. The van der Waals surface area contributed by atoms with Crippen molar-refractivity contribution in [3.8, 4) is 0 Å². The zero-order chi connectivity index (χ0) is 15.1. The first kappa shape index (κ1) is 15.0. The average Bonchev–Trinajstić information content (AvgIpc) is 2.51. The van der Waals surface area contributed by atoms with E-state index in [4.69, 9.17) is 0 Å². The first-order chi connectivity index (χ1) is 10.2. The second-order valence-electron chi connectivity index (χ2n) is 4.91. The molecule has 0 spiro atoms. The van der Waals surface area contributed by atoms with Crippen LogP contribution in [-0.2, 0) is 11.3 Å². The maximum atomic E-state index is 12.3. The van der Waals surface area contributed by atoms with E-state index in [2.05, 4.69) is 10.3 Å². The molecule has 0 unspecified atom stereocenters. The zero-order valence-electron chi connectivity index (χ0n) is 12.5. The van der Waals surface area contributed by atoms with Crippen LogP contribution in [0.3, 0.4) is 0 Å². The highest BCUT2D eigenvalue weighted by Gasteiger charge is 2.11. The second kappa shape index (κ2) is 7.43. The summed E-state index contributed by atoms with van der Waals surface area (Å²) >= 11 is 0. The molecule has 0 radical (unpaired) electrons. The highest BCUT2D eigenvalue weighted by molar-refractivity contribution is 5.80. The molecule has 1 N–H and O–H groups in total. The van der Waals surface area contributed by atoms with Crippen LogP contribution in [0.4, 0.5) is 5.82 Å². The molecule has 0 aliphatic heterocycles. The summed E-state index contributed by atoms with van der Waals surface area (Å²) in [5.41, 5.74) is 2.07. The standard InChI is InChI=1S/C17H21N3O/c1-3-20(13-15-9-5-4-6-10-15)17(21)12-18-16-11-7-8-14(2)19-16/h4-11H,3,12-13H2,1-2H3,(H,18,19). The first-order valence-corrected chi connectivity index (χ1v) is 7.18. The largest absolute Gasteiger partial charge is 0.361 e. The molecule has 1 amide bonds. The minimum Gasteiger partial charge on any atom is -0.361 e. The van der Waals surface area contributed by atoms with Crippen LogP contribution >= 0.6 is 0 Å². The summed E-state index contributed by atoms with van der Waals surface area (Å²) in [6.07, 6.45) is 0. The van der Waals surface area contributed by atoms with Gasteiger partial charge in [0.1, 0.15) is 5.82 Å². The number of pyridine rings is 1. The number of nitrogens with one attached hydrogen (secondary N) is 1. The lowest BCUT2D eigenvalue weighted by atomic mass is 10.2. The topological polar surface area (TPSA) is 45.2 Å². The van der Waals surface area contributed by atoms with E-state index in [0.29, 0.717) is 13.1 Å². The number of aromatic nitrogens is 1. The molecule has 0 fully saturated rings. The Kier molecular flexibility index (Phi) is 5.32. The number of benzene rings is 1. The van der Waals surface area contributed by atoms with Gasteiger partial charge in [-0.25, -0.2) is 4.98 Å². The lowest BCUT2D eigenvalue weighted by Gasteiger charge is -2.21. The molecule has 1 aromatic carbocycles. The molecule has 4 heteroatoms. The van der Waals surface area contributed by atoms with Crippen molar-refractivity contribution in [2.45, 2.75) is 20.4 Å². The Bertz CT molecular complexity index is 584. The van der Waals surface area contributed by atoms with Crippen molar-refractivity contribution in [2.75, 3.05) is 18.4 Å². The Morgan fingerprint density at radius 3 is 2.57 bits per heavy atom. The summed E-state index contributed by atoms with van der Waals surface area (Å²) < 4.78 is 0. The van der Waals surface area contributed by atoms with E-state index in [0.717, 1.165) is 17.1 Å². The van der Waals surface area contributed by atoms with Gasteiger partial charge in [0.05, 0.1) is 6.54 Å². The van der Waals surface area contributed by atoms with E-state index < -0.39 is 0 Å². The molecular weight excluding hydrogens is 262 g/mol. The van der Waals surface area contributed by atoms with Gasteiger partial charge in [-0.1, -0.05) is 36.4 Å². The molecule has 0 aliphatic carbocycles. The number of anilines is 1. The molecule has 1 aromatic heterocycles. The number of amides is 1. The third kappa shape index (κ3) is 4.60. The van der Waals surface area contributed by atoms with E-state index in [9.17, 15) is 4.79 Å². The predicted octanol–water partition coefficient (Wildman–Crippen LogP) is 2.85.